The Morgan fingerprint density at radius 1 is 1.20 bits per heavy atom. The largest absolute Gasteiger partial charge is 0.379 e. The number of ether oxygens (including phenoxy) is 1. The van der Waals surface area contributed by atoms with Crippen molar-refractivity contribution in [2.45, 2.75) is 40.5 Å². The van der Waals surface area contributed by atoms with E-state index in [1.54, 1.807) is 0 Å². The highest BCUT2D eigenvalue weighted by atomic mass is 127. The molecule has 0 radical (unpaired) electrons. The van der Waals surface area contributed by atoms with E-state index in [0.29, 0.717) is 5.92 Å². The smallest absolute Gasteiger partial charge is 0.193 e. The fourth-order valence-electron chi connectivity index (χ4n) is 3.83. The molecular formula is C19H39IN4O. The summed E-state index contributed by atoms with van der Waals surface area (Å²) in [5.74, 6) is 3.34. The van der Waals surface area contributed by atoms with Crippen molar-refractivity contribution in [3.05, 3.63) is 0 Å². The number of halogens is 1. The van der Waals surface area contributed by atoms with Crippen LogP contribution >= 0.6 is 24.0 Å². The monoisotopic (exact) mass is 466 g/mol. The standard InChI is InChI=1S/C19H38N4O.HI/c1-5-20-19(23-7-6-18(15-23)12-16(2)3)21-13-17(4)14-22-8-10-24-11-9-22;/h16-18H,5-15H2,1-4H3,(H,20,21);1H. The number of nitrogens with zero attached hydrogens (tertiary/aromatic N) is 3. The van der Waals surface area contributed by atoms with Crippen molar-refractivity contribution < 1.29 is 4.74 Å². The van der Waals surface area contributed by atoms with Crippen molar-refractivity contribution in [2.75, 3.05) is 59.0 Å². The molecule has 148 valence electrons. The van der Waals surface area contributed by atoms with Crippen molar-refractivity contribution in [2.24, 2.45) is 22.7 Å². The first-order valence-electron chi connectivity index (χ1n) is 9.91. The van der Waals surface area contributed by atoms with Gasteiger partial charge in [0.25, 0.3) is 0 Å². The third kappa shape index (κ3) is 8.43. The van der Waals surface area contributed by atoms with E-state index in [4.69, 9.17) is 9.73 Å². The van der Waals surface area contributed by atoms with E-state index in [1.807, 2.05) is 0 Å². The highest BCUT2D eigenvalue weighted by molar-refractivity contribution is 14.0. The number of rotatable bonds is 7. The van der Waals surface area contributed by atoms with E-state index in [2.05, 4.69) is 42.8 Å². The molecule has 0 aromatic carbocycles. The van der Waals surface area contributed by atoms with Gasteiger partial charge in [0.15, 0.2) is 5.96 Å². The summed E-state index contributed by atoms with van der Waals surface area (Å²) in [5, 5.41) is 3.50. The number of morpholine rings is 1. The average Bonchev–Trinajstić information content (AvgIpc) is 3.00. The molecule has 0 aliphatic carbocycles. The van der Waals surface area contributed by atoms with Crippen LogP contribution in [0.25, 0.3) is 0 Å². The van der Waals surface area contributed by atoms with Crippen LogP contribution in [0.3, 0.4) is 0 Å². The first kappa shape index (κ1) is 23.0. The maximum absolute atomic E-state index is 5.43. The van der Waals surface area contributed by atoms with Gasteiger partial charge in [-0.2, -0.15) is 0 Å². The molecule has 25 heavy (non-hydrogen) atoms. The van der Waals surface area contributed by atoms with Crippen molar-refractivity contribution in [1.82, 2.24) is 15.1 Å². The second-order valence-corrected chi connectivity index (χ2v) is 7.94. The molecule has 0 saturated carbocycles. The molecule has 2 atom stereocenters. The SMILES string of the molecule is CCNC(=NCC(C)CN1CCOCC1)N1CCC(CC(C)C)C1.I. The molecule has 1 N–H and O–H groups in total. The van der Waals surface area contributed by atoms with Gasteiger partial charge in [-0.25, -0.2) is 0 Å². The van der Waals surface area contributed by atoms with Gasteiger partial charge >= 0.3 is 0 Å². The lowest BCUT2D eigenvalue weighted by Gasteiger charge is -2.29. The van der Waals surface area contributed by atoms with Crippen LogP contribution < -0.4 is 5.32 Å². The summed E-state index contributed by atoms with van der Waals surface area (Å²) in [6.45, 7) is 18.3. The van der Waals surface area contributed by atoms with Gasteiger partial charge in [-0.3, -0.25) is 9.89 Å². The molecule has 2 aliphatic rings. The molecule has 2 heterocycles. The maximum atomic E-state index is 5.43. The lowest BCUT2D eigenvalue weighted by atomic mass is 9.97. The number of aliphatic imine (C=N–C) groups is 1. The van der Waals surface area contributed by atoms with Crippen molar-refractivity contribution in [3.8, 4) is 0 Å². The van der Waals surface area contributed by atoms with Crippen LogP contribution in [0, 0.1) is 17.8 Å². The normalized spacial score (nSPS) is 23.6. The van der Waals surface area contributed by atoms with Gasteiger partial charge in [-0.05, 0) is 37.5 Å². The molecule has 2 saturated heterocycles. The first-order chi connectivity index (χ1) is 11.6. The van der Waals surface area contributed by atoms with E-state index in [0.717, 1.165) is 70.3 Å². The van der Waals surface area contributed by atoms with Gasteiger partial charge in [0.05, 0.1) is 13.2 Å². The summed E-state index contributed by atoms with van der Waals surface area (Å²) in [6, 6.07) is 0. The number of hydrogen-bond donors (Lipinski definition) is 1. The minimum Gasteiger partial charge on any atom is -0.379 e. The molecule has 0 amide bonds. The molecule has 0 bridgehead atoms. The zero-order chi connectivity index (χ0) is 17.4. The summed E-state index contributed by atoms with van der Waals surface area (Å²) in [7, 11) is 0. The van der Waals surface area contributed by atoms with Crippen LogP contribution in [0.15, 0.2) is 4.99 Å². The number of hydrogen-bond acceptors (Lipinski definition) is 3. The molecule has 0 spiro atoms. The van der Waals surface area contributed by atoms with E-state index < -0.39 is 0 Å². The molecular weight excluding hydrogens is 427 g/mol. The lowest BCUT2D eigenvalue weighted by Crippen LogP contribution is -2.41. The summed E-state index contributed by atoms with van der Waals surface area (Å²) in [6.07, 6.45) is 2.65. The molecule has 6 heteroatoms. The highest BCUT2D eigenvalue weighted by Crippen LogP contribution is 2.23. The highest BCUT2D eigenvalue weighted by Gasteiger charge is 2.25. The zero-order valence-electron chi connectivity index (χ0n) is 16.7. The van der Waals surface area contributed by atoms with Crippen molar-refractivity contribution in [3.63, 3.8) is 0 Å². The van der Waals surface area contributed by atoms with Gasteiger partial charge in [0, 0.05) is 45.8 Å². The predicted octanol–water partition coefficient (Wildman–Crippen LogP) is 2.91. The van der Waals surface area contributed by atoms with Crippen LogP contribution in [-0.4, -0.2) is 74.8 Å². The fraction of sp³-hybridized carbons (Fsp3) is 0.947. The summed E-state index contributed by atoms with van der Waals surface area (Å²) in [5.41, 5.74) is 0. The van der Waals surface area contributed by atoms with Crippen LogP contribution in [0.5, 0.6) is 0 Å². The summed E-state index contributed by atoms with van der Waals surface area (Å²) >= 11 is 0. The van der Waals surface area contributed by atoms with Crippen LogP contribution in [0.4, 0.5) is 0 Å². The molecule has 0 aromatic rings. The Labute approximate surface area is 172 Å². The topological polar surface area (TPSA) is 40.1 Å². The summed E-state index contributed by atoms with van der Waals surface area (Å²) in [4.78, 5) is 9.92. The Morgan fingerprint density at radius 2 is 1.92 bits per heavy atom. The van der Waals surface area contributed by atoms with Crippen molar-refractivity contribution in [1.29, 1.82) is 0 Å². The van der Waals surface area contributed by atoms with E-state index in [-0.39, 0.29) is 24.0 Å². The molecule has 2 fully saturated rings. The number of nitrogens with one attached hydrogen (secondary N) is 1. The molecule has 5 nitrogen and oxygen atoms in total. The third-order valence-electron chi connectivity index (χ3n) is 4.95. The average molecular weight is 466 g/mol. The number of guanidine groups is 1. The van der Waals surface area contributed by atoms with Crippen LogP contribution in [0.2, 0.25) is 0 Å². The Hall–Kier alpha value is -0.0800. The Balaban J connectivity index is 0.00000312. The van der Waals surface area contributed by atoms with Gasteiger partial charge in [0.1, 0.15) is 0 Å². The van der Waals surface area contributed by atoms with Crippen LogP contribution in [0.1, 0.15) is 40.5 Å². The van der Waals surface area contributed by atoms with E-state index in [9.17, 15) is 0 Å². The molecule has 2 rings (SSSR count). The Bertz CT molecular complexity index is 386. The van der Waals surface area contributed by atoms with E-state index in [1.165, 1.54) is 19.4 Å². The lowest BCUT2D eigenvalue weighted by molar-refractivity contribution is 0.0323. The molecule has 0 aromatic heterocycles. The second-order valence-electron chi connectivity index (χ2n) is 7.94. The maximum Gasteiger partial charge on any atom is 0.193 e. The Kier molecular flexibility index (Phi) is 11.3. The van der Waals surface area contributed by atoms with Gasteiger partial charge in [-0.15, -0.1) is 24.0 Å². The predicted molar refractivity (Wildman–Crippen MR) is 117 cm³/mol. The third-order valence-corrected chi connectivity index (χ3v) is 4.95. The second kappa shape index (κ2) is 12.3. The first-order valence-corrected chi connectivity index (χ1v) is 9.91. The fourth-order valence-corrected chi connectivity index (χ4v) is 3.83. The molecule has 2 aliphatic heterocycles. The van der Waals surface area contributed by atoms with Gasteiger partial charge < -0.3 is 15.0 Å². The van der Waals surface area contributed by atoms with Gasteiger partial charge in [0.2, 0.25) is 0 Å². The van der Waals surface area contributed by atoms with E-state index >= 15 is 0 Å². The zero-order valence-corrected chi connectivity index (χ0v) is 19.0. The summed E-state index contributed by atoms with van der Waals surface area (Å²) < 4.78 is 5.43. The Morgan fingerprint density at radius 3 is 2.56 bits per heavy atom. The number of likely N-dealkylation sites (tertiary alicyclic amines) is 1. The molecule has 2 unspecified atom stereocenters. The van der Waals surface area contributed by atoms with Crippen LogP contribution in [-0.2, 0) is 4.74 Å². The minimum atomic E-state index is 0. The quantitative estimate of drug-likeness (QED) is 0.356. The van der Waals surface area contributed by atoms with Gasteiger partial charge in [-0.1, -0.05) is 20.8 Å². The minimum absolute atomic E-state index is 0. The van der Waals surface area contributed by atoms with Crippen molar-refractivity contribution >= 4 is 29.9 Å².